The average molecular weight is 466 g/mol. The first-order valence-electron chi connectivity index (χ1n) is 11.1. The zero-order chi connectivity index (χ0) is 23.2. The van der Waals surface area contributed by atoms with E-state index in [4.69, 9.17) is 9.41 Å². The van der Waals surface area contributed by atoms with E-state index in [0.717, 1.165) is 33.2 Å². The normalized spacial score (nSPS) is 11.5. The van der Waals surface area contributed by atoms with Gasteiger partial charge >= 0.3 is 0 Å². The monoisotopic (exact) mass is 465 g/mol. The van der Waals surface area contributed by atoms with E-state index in [2.05, 4.69) is 46.3 Å². The molecule has 2 aromatic heterocycles. The first kappa shape index (κ1) is 21.7. The summed E-state index contributed by atoms with van der Waals surface area (Å²) >= 11 is 1.46. The van der Waals surface area contributed by atoms with Crippen LogP contribution < -0.4 is 10.1 Å². The van der Waals surface area contributed by atoms with Crippen molar-refractivity contribution in [3.8, 4) is 11.3 Å². The van der Waals surface area contributed by atoms with Crippen molar-refractivity contribution in [2.24, 2.45) is 4.99 Å². The van der Waals surface area contributed by atoms with E-state index in [-0.39, 0.29) is 11.7 Å². The Balaban J connectivity index is 1.64. The van der Waals surface area contributed by atoms with Crippen molar-refractivity contribution >= 4 is 27.9 Å². The summed E-state index contributed by atoms with van der Waals surface area (Å²) in [7, 11) is 0. The largest absolute Gasteiger partial charge is 0.459 e. The number of anilines is 1. The molecule has 5 nitrogen and oxygen atoms in total. The molecule has 3 aromatic carbocycles. The second kappa shape index (κ2) is 10.2. The second-order valence-corrected chi connectivity index (χ2v) is 8.67. The number of hydrogen-bond donors (Lipinski definition) is 1. The lowest BCUT2D eigenvalue weighted by molar-refractivity contribution is 0.0997. The molecular weight excluding hydrogens is 442 g/mol. The maximum absolute atomic E-state index is 12.9. The van der Waals surface area contributed by atoms with Crippen molar-refractivity contribution in [3.63, 3.8) is 0 Å². The van der Waals surface area contributed by atoms with Gasteiger partial charge in [-0.05, 0) is 36.2 Å². The van der Waals surface area contributed by atoms with Crippen molar-refractivity contribution in [1.82, 2.24) is 4.57 Å². The predicted molar refractivity (Wildman–Crippen MR) is 136 cm³/mol. The summed E-state index contributed by atoms with van der Waals surface area (Å²) in [6, 6.07) is 33.7. The third-order valence-electron chi connectivity index (χ3n) is 5.38. The standard InChI is InChI=1S/C28H23N3O2S/c32-26(24-17-10-20-33-24)30-27-25(22-13-6-2-7-14-22)31(19-18-21-11-4-1-5-12-21)28(34-27)29-23-15-8-3-9-16-23/h1-17,20H,18-19H2,(H,30,32). The second-order valence-electron chi connectivity index (χ2n) is 7.69. The summed E-state index contributed by atoms with van der Waals surface area (Å²) in [6.07, 6.45) is 2.34. The minimum absolute atomic E-state index is 0.268. The molecule has 0 aliphatic rings. The van der Waals surface area contributed by atoms with Gasteiger partial charge in [0.25, 0.3) is 5.91 Å². The lowest BCUT2D eigenvalue weighted by atomic mass is 10.1. The van der Waals surface area contributed by atoms with E-state index >= 15 is 0 Å². The molecule has 0 saturated carbocycles. The van der Waals surface area contributed by atoms with Gasteiger partial charge in [-0.15, -0.1) is 0 Å². The van der Waals surface area contributed by atoms with Gasteiger partial charge in [0.1, 0.15) is 5.00 Å². The van der Waals surface area contributed by atoms with Crippen LogP contribution in [0.3, 0.4) is 0 Å². The molecule has 0 spiro atoms. The summed E-state index contributed by atoms with van der Waals surface area (Å²) < 4.78 is 7.51. The van der Waals surface area contributed by atoms with Gasteiger partial charge in [0, 0.05) is 12.1 Å². The number of rotatable bonds is 7. The van der Waals surface area contributed by atoms with Crippen LogP contribution in [0, 0.1) is 0 Å². The molecule has 1 N–H and O–H groups in total. The van der Waals surface area contributed by atoms with Gasteiger partial charge in [-0.3, -0.25) is 4.79 Å². The van der Waals surface area contributed by atoms with Gasteiger partial charge in [-0.25, -0.2) is 4.99 Å². The summed E-state index contributed by atoms with van der Waals surface area (Å²) in [6.45, 7) is 0.715. The third-order valence-corrected chi connectivity index (χ3v) is 6.37. The number of nitrogens with zero attached hydrogens (tertiary/aromatic N) is 2. The van der Waals surface area contributed by atoms with E-state index in [1.165, 1.54) is 23.2 Å². The smallest absolute Gasteiger partial charge is 0.292 e. The Labute approximate surface area is 201 Å². The van der Waals surface area contributed by atoms with Gasteiger partial charge in [-0.1, -0.05) is 90.2 Å². The fourth-order valence-corrected chi connectivity index (χ4v) is 4.84. The van der Waals surface area contributed by atoms with Crippen LogP contribution in [-0.4, -0.2) is 10.5 Å². The van der Waals surface area contributed by atoms with Gasteiger partial charge in [0.05, 0.1) is 17.6 Å². The number of carbonyl (C=O) groups excluding carboxylic acids is 1. The Hall–Kier alpha value is -4.16. The Morgan fingerprint density at radius 2 is 1.53 bits per heavy atom. The number of aromatic nitrogens is 1. The van der Waals surface area contributed by atoms with E-state index in [9.17, 15) is 4.79 Å². The zero-order valence-electron chi connectivity index (χ0n) is 18.4. The molecule has 0 aliphatic heterocycles. The number of para-hydroxylation sites is 1. The highest BCUT2D eigenvalue weighted by Crippen LogP contribution is 2.32. The number of aryl methyl sites for hydroxylation is 1. The van der Waals surface area contributed by atoms with Crippen molar-refractivity contribution in [2.45, 2.75) is 13.0 Å². The summed E-state index contributed by atoms with van der Waals surface area (Å²) in [4.78, 5) is 18.6. The first-order chi connectivity index (χ1) is 16.8. The molecule has 0 radical (unpaired) electrons. The predicted octanol–water partition coefficient (Wildman–Crippen LogP) is 6.54. The average Bonchev–Trinajstić information content (AvgIpc) is 3.53. The number of thiazole rings is 1. The Kier molecular flexibility index (Phi) is 6.49. The summed E-state index contributed by atoms with van der Waals surface area (Å²) in [5.74, 6) is -0.0188. The maximum atomic E-state index is 12.9. The minimum atomic E-state index is -0.287. The van der Waals surface area contributed by atoms with Crippen molar-refractivity contribution in [1.29, 1.82) is 0 Å². The Morgan fingerprint density at radius 1 is 0.853 bits per heavy atom. The Bertz CT molecular complexity index is 1420. The van der Waals surface area contributed by atoms with Crippen LogP contribution in [0.15, 0.2) is 119 Å². The van der Waals surface area contributed by atoms with Crippen LogP contribution in [0.2, 0.25) is 0 Å². The number of amides is 1. The number of hydrogen-bond acceptors (Lipinski definition) is 4. The topological polar surface area (TPSA) is 59.5 Å². The molecule has 0 fully saturated rings. The molecule has 5 aromatic rings. The van der Waals surface area contributed by atoms with Gasteiger partial charge in [0.2, 0.25) is 0 Å². The molecule has 34 heavy (non-hydrogen) atoms. The van der Waals surface area contributed by atoms with E-state index in [1.54, 1.807) is 12.1 Å². The van der Waals surface area contributed by atoms with Gasteiger partial charge < -0.3 is 14.3 Å². The molecule has 0 bridgehead atoms. The minimum Gasteiger partial charge on any atom is -0.459 e. The van der Waals surface area contributed by atoms with Crippen LogP contribution in [0.4, 0.5) is 10.7 Å². The molecular formula is C28H23N3O2S. The summed E-state index contributed by atoms with van der Waals surface area (Å²) in [5.41, 5.74) is 4.04. The fourth-order valence-electron chi connectivity index (χ4n) is 3.74. The number of carbonyl (C=O) groups is 1. The third kappa shape index (κ3) is 4.92. The highest BCUT2D eigenvalue weighted by molar-refractivity contribution is 7.14. The van der Waals surface area contributed by atoms with Crippen LogP contribution in [0.1, 0.15) is 16.1 Å². The highest BCUT2D eigenvalue weighted by Gasteiger charge is 2.19. The molecule has 0 unspecified atom stereocenters. The summed E-state index contributed by atoms with van der Waals surface area (Å²) in [5, 5.41) is 3.79. The Morgan fingerprint density at radius 3 is 2.21 bits per heavy atom. The molecule has 168 valence electrons. The number of benzene rings is 3. The van der Waals surface area contributed by atoms with Crippen molar-refractivity contribution < 1.29 is 9.21 Å². The fraction of sp³-hybridized carbons (Fsp3) is 0.0714. The van der Waals surface area contributed by atoms with E-state index in [1.807, 2.05) is 54.6 Å². The quantitative estimate of drug-likeness (QED) is 0.297. The molecule has 0 saturated heterocycles. The van der Waals surface area contributed by atoms with Crippen molar-refractivity contribution in [3.05, 3.63) is 126 Å². The maximum Gasteiger partial charge on any atom is 0.292 e. The molecule has 0 aliphatic carbocycles. The van der Waals surface area contributed by atoms with E-state index in [0.29, 0.717) is 6.54 Å². The van der Waals surface area contributed by atoms with Crippen LogP contribution in [0.5, 0.6) is 0 Å². The SMILES string of the molecule is O=C(Nc1sc(=Nc2ccccc2)n(CCc2ccccc2)c1-c1ccccc1)c1ccco1. The van der Waals surface area contributed by atoms with Crippen LogP contribution in [0.25, 0.3) is 11.3 Å². The molecule has 5 rings (SSSR count). The van der Waals surface area contributed by atoms with E-state index < -0.39 is 0 Å². The number of nitrogens with one attached hydrogen (secondary N) is 1. The molecule has 6 heteroatoms. The first-order valence-corrected chi connectivity index (χ1v) is 11.9. The van der Waals surface area contributed by atoms with Crippen LogP contribution >= 0.6 is 11.3 Å². The van der Waals surface area contributed by atoms with Crippen LogP contribution in [-0.2, 0) is 13.0 Å². The lowest BCUT2D eigenvalue weighted by Crippen LogP contribution is -2.17. The molecule has 1 amide bonds. The van der Waals surface area contributed by atoms with Gasteiger partial charge in [0.15, 0.2) is 10.6 Å². The van der Waals surface area contributed by atoms with Crippen molar-refractivity contribution in [2.75, 3.05) is 5.32 Å². The zero-order valence-corrected chi connectivity index (χ0v) is 19.2. The van der Waals surface area contributed by atoms with Gasteiger partial charge in [-0.2, -0.15) is 0 Å². The molecule has 2 heterocycles. The highest BCUT2D eigenvalue weighted by atomic mass is 32.1. The number of furan rings is 1. The lowest BCUT2D eigenvalue weighted by Gasteiger charge is -2.12. The molecule has 0 atom stereocenters.